The molecular formula is C28H43NO7. The van der Waals surface area contributed by atoms with Crippen molar-refractivity contribution in [3.63, 3.8) is 0 Å². The van der Waals surface area contributed by atoms with E-state index in [0.29, 0.717) is 11.8 Å². The lowest BCUT2D eigenvalue weighted by Gasteiger charge is -2.63. The van der Waals surface area contributed by atoms with Gasteiger partial charge in [0.15, 0.2) is 6.29 Å². The maximum atomic E-state index is 12.2. The second kappa shape index (κ2) is 9.60. The van der Waals surface area contributed by atoms with Gasteiger partial charge >= 0.3 is 0 Å². The highest BCUT2D eigenvalue weighted by atomic mass is 16.7. The maximum absolute atomic E-state index is 12.2. The first kappa shape index (κ1) is 26.6. The molecule has 1 aliphatic heterocycles. The van der Waals surface area contributed by atoms with Crippen LogP contribution in [0.1, 0.15) is 71.6 Å². The molecule has 0 amide bonds. The third-order valence-corrected chi connectivity index (χ3v) is 11.5. The summed E-state index contributed by atoms with van der Waals surface area (Å²) in [5.74, 6) is 1.39. The fourth-order valence-electron chi connectivity index (χ4n) is 9.19. The summed E-state index contributed by atoms with van der Waals surface area (Å²) >= 11 is 0. The van der Waals surface area contributed by atoms with Gasteiger partial charge in [-0.05, 0) is 86.9 Å². The van der Waals surface area contributed by atoms with Crippen LogP contribution in [0.5, 0.6) is 0 Å². The number of aliphatic hydroxyl groups is 5. The summed E-state index contributed by atoms with van der Waals surface area (Å²) in [6.07, 6.45) is 5.63. The van der Waals surface area contributed by atoms with Crippen LogP contribution in [-0.4, -0.2) is 74.6 Å². The van der Waals surface area contributed by atoms with Gasteiger partial charge in [0, 0.05) is 11.5 Å². The SMILES string of the molecule is C[C@]12CC[C@H](O[C@@H]3O[C@H](CO)[C@@H](O)[C@H](O)[C@H]3O)C[C@@H]1CC[C@@H]1[C@@H]2CC[C@]2(C)[C@@H](/C=C/C#N)CC[C@@]12O. The summed E-state index contributed by atoms with van der Waals surface area (Å²) < 4.78 is 11.7. The van der Waals surface area contributed by atoms with Crippen LogP contribution in [0.4, 0.5) is 0 Å². The van der Waals surface area contributed by atoms with E-state index in [9.17, 15) is 25.5 Å². The summed E-state index contributed by atoms with van der Waals surface area (Å²) in [5, 5.41) is 61.3. The summed E-state index contributed by atoms with van der Waals surface area (Å²) in [6.45, 7) is 4.17. The molecule has 5 rings (SSSR count). The van der Waals surface area contributed by atoms with Crippen molar-refractivity contribution in [1.82, 2.24) is 0 Å². The summed E-state index contributed by atoms with van der Waals surface area (Å²) in [7, 11) is 0. The molecule has 0 aromatic heterocycles. The van der Waals surface area contributed by atoms with Crippen molar-refractivity contribution in [3.05, 3.63) is 12.2 Å². The first-order valence-electron chi connectivity index (χ1n) is 13.8. The molecule has 5 aliphatic rings. The zero-order chi connectivity index (χ0) is 25.9. The molecule has 202 valence electrons. The zero-order valence-corrected chi connectivity index (χ0v) is 21.5. The van der Waals surface area contributed by atoms with Crippen LogP contribution < -0.4 is 0 Å². The average Bonchev–Trinajstić information content (AvgIpc) is 3.13. The fourth-order valence-corrected chi connectivity index (χ4v) is 9.19. The second-order valence-corrected chi connectivity index (χ2v) is 12.7. The number of nitrogens with zero attached hydrogens (tertiary/aromatic N) is 1. The number of hydrogen-bond acceptors (Lipinski definition) is 8. The molecule has 0 unspecified atom stereocenters. The van der Waals surface area contributed by atoms with Crippen LogP contribution in [0.3, 0.4) is 0 Å². The number of allylic oxidation sites excluding steroid dienone is 2. The number of fused-ring (bicyclic) bond motifs is 5. The molecule has 8 heteroatoms. The van der Waals surface area contributed by atoms with Gasteiger partial charge in [-0.25, -0.2) is 0 Å². The molecule has 13 atom stereocenters. The third-order valence-electron chi connectivity index (χ3n) is 11.5. The fraction of sp³-hybridized carbons (Fsp3) is 0.893. The molecule has 5 N–H and O–H groups in total. The molecule has 0 bridgehead atoms. The Balaban J connectivity index is 1.28. The molecule has 0 aromatic carbocycles. The Labute approximate surface area is 213 Å². The first-order chi connectivity index (χ1) is 17.1. The summed E-state index contributed by atoms with van der Waals surface area (Å²) in [6, 6.07) is 2.13. The average molecular weight is 506 g/mol. The Kier molecular flexibility index (Phi) is 7.08. The third kappa shape index (κ3) is 3.89. The zero-order valence-electron chi connectivity index (χ0n) is 21.5. The van der Waals surface area contributed by atoms with Gasteiger partial charge in [-0.3, -0.25) is 0 Å². The molecule has 0 radical (unpaired) electrons. The van der Waals surface area contributed by atoms with Gasteiger partial charge < -0.3 is 35.0 Å². The molecule has 1 heterocycles. The van der Waals surface area contributed by atoms with E-state index >= 15 is 0 Å². The number of aliphatic hydroxyl groups excluding tert-OH is 4. The van der Waals surface area contributed by atoms with E-state index in [1.807, 2.05) is 6.08 Å². The van der Waals surface area contributed by atoms with Crippen molar-refractivity contribution >= 4 is 0 Å². The molecule has 36 heavy (non-hydrogen) atoms. The Morgan fingerprint density at radius 3 is 2.47 bits per heavy atom. The quantitative estimate of drug-likeness (QED) is 0.288. The normalized spacial score (nSPS) is 54.9. The largest absolute Gasteiger partial charge is 0.394 e. The van der Waals surface area contributed by atoms with E-state index in [4.69, 9.17) is 14.7 Å². The van der Waals surface area contributed by atoms with Crippen LogP contribution in [0.25, 0.3) is 0 Å². The second-order valence-electron chi connectivity index (χ2n) is 12.7. The maximum Gasteiger partial charge on any atom is 0.186 e. The van der Waals surface area contributed by atoms with Crippen LogP contribution in [0, 0.1) is 45.8 Å². The number of ether oxygens (including phenoxy) is 2. The number of nitriles is 1. The number of hydrogen-bond donors (Lipinski definition) is 5. The van der Waals surface area contributed by atoms with Crippen molar-refractivity contribution in [2.45, 2.75) is 114 Å². The molecule has 1 saturated heterocycles. The van der Waals surface area contributed by atoms with Gasteiger partial charge in [0.1, 0.15) is 24.4 Å². The van der Waals surface area contributed by atoms with E-state index in [1.54, 1.807) is 6.08 Å². The van der Waals surface area contributed by atoms with Crippen LogP contribution in [0.15, 0.2) is 12.2 Å². The topological polar surface area (TPSA) is 143 Å². The minimum absolute atomic E-state index is 0.107. The Morgan fingerprint density at radius 2 is 1.75 bits per heavy atom. The Hall–Kier alpha value is -1.05. The first-order valence-corrected chi connectivity index (χ1v) is 13.8. The summed E-state index contributed by atoms with van der Waals surface area (Å²) in [5.41, 5.74) is -0.776. The molecule has 4 aliphatic carbocycles. The highest BCUT2D eigenvalue weighted by molar-refractivity contribution is 5.21. The Morgan fingerprint density at radius 1 is 0.972 bits per heavy atom. The van der Waals surface area contributed by atoms with E-state index in [1.165, 1.54) is 0 Å². The molecule has 4 saturated carbocycles. The Bertz CT molecular complexity index is 890. The minimum atomic E-state index is -1.43. The van der Waals surface area contributed by atoms with Crippen LogP contribution in [-0.2, 0) is 9.47 Å². The van der Waals surface area contributed by atoms with E-state index < -0.39 is 42.9 Å². The number of rotatable bonds is 4. The molecule has 0 spiro atoms. The molecular weight excluding hydrogens is 462 g/mol. The predicted molar refractivity (Wildman–Crippen MR) is 130 cm³/mol. The smallest absolute Gasteiger partial charge is 0.186 e. The van der Waals surface area contributed by atoms with Gasteiger partial charge in [-0.15, -0.1) is 0 Å². The van der Waals surface area contributed by atoms with E-state index in [2.05, 4.69) is 19.9 Å². The highest BCUT2D eigenvalue weighted by Crippen LogP contribution is 2.69. The monoisotopic (exact) mass is 505 g/mol. The molecule has 5 fully saturated rings. The lowest BCUT2D eigenvalue weighted by atomic mass is 9.43. The predicted octanol–water partition coefficient (Wildman–Crippen LogP) is 2.03. The van der Waals surface area contributed by atoms with Gasteiger partial charge in [-0.2, -0.15) is 5.26 Å². The van der Waals surface area contributed by atoms with Gasteiger partial charge in [-0.1, -0.05) is 19.9 Å². The highest BCUT2D eigenvalue weighted by Gasteiger charge is 2.66. The van der Waals surface area contributed by atoms with Crippen molar-refractivity contribution < 1.29 is 35.0 Å². The van der Waals surface area contributed by atoms with Gasteiger partial charge in [0.25, 0.3) is 0 Å². The van der Waals surface area contributed by atoms with Crippen LogP contribution >= 0.6 is 0 Å². The van der Waals surface area contributed by atoms with Crippen molar-refractivity contribution in [2.24, 2.45) is 34.5 Å². The van der Waals surface area contributed by atoms with Crippen molar-refractivity contribution in [3.8, 4) is 6.07 Å². The van der Waals surface area contributed by atoms with Gasteiger partial charge in [0.2, 0.25) is 0 Å². The lowest BCUT2D eigenvalue weighted by molar-refractivity contribution is -0.317. The summed E-state index contributed by atoms with van der Waals surface area (Å²) in [4.78, 5) is 0. The van der Waals surface area contributed by atoms with Crippen LogP contribution in [0.2, 0.25) is 0 Å². The van der Waals surface area contributed by atoms with E-state index in [-0.39, 0.29) is 28.8 Å². The van der Waals surface area contributed by atoms with Gasteiger partial charge in [0.05, 0.1) is 24.4 Å². The lowest BCUT2D eigenvalue weighted by Crippen LogP contribution is -2.62. The van der Waals surface area contributed by atoms with Crippen molar-refractivity contribution in [2.75, 3.05) is 6.61 Å². The minimum Gasteiger partial charge on any atom is -0.394 e. The van der Waals surface area contributed by atoms with E-state index in [0.717, 1.165) is 57.8 Å². The molecule has 0 aromatic rings. The van der Waals surface area contributed by atoms with Crippen molar-refractivity contribution in [1.29, 1.82) is 5.26 Å². The standard InChI is InChI=1S/C28H43NO7/c1-26-10-8-18(35-25-24(33)23(32)22(31)21(15-30)36-25)14-17(26)5-6-20-19(26)9-11-27(2)16(4-3-13-29)7-12-28(20,27)34/h3-4,16-25,30-34H,5-12,14-15H2,1-2H3/b4-3+/t16-,17-,18-,19-,20+,21+,22+,23-,24+,25+,26-,27+,28+/m0/s1. The molecule has 8 nitrogen and oxygen atoms in total.